The first-order valence-corrected chi connectivity index (χ1v) is 7.46. The topological polar surface area (TPSA) is 66.1 Å². The van der Waals surface area contributed by atoms with E-state index in [9.17, 15) is 4.21 Å². The van der Waals surface area contributed by atoms with Gasteiger partial charge in [0.05, 0.1) is 9.73 Å². The van der Waals surface area contributed by atoms with Crippen molar-refractivity contribution in [2.24, 2.45) is 4.36 Å². The lowest BCUT2D eigenvalue weighted by Crippen LogP contribution is -2.14. The van der Waals surface area contributed by atoms with E-state index in [0.29, 0.717) is 16.7 Å². The molecule has 0 N–H and O–H groups in total. The van der Waals surface area contributed by atoms with Gasteiger partial charge in [0.25, 0.3) is 0 Å². The van der Waals surface area contributed by atoms with Gasteiger partial charge in [-0.05, 0) is 17.5 Å². The van der Waals surface area contributed by atoms with E-state index >= 15 is 0 Å². The molecule has 0 unspecified atom stereocenters. The number of rotatable bonds is 4. The van der Waals surface area contributed by atoms with Gasteiger partial charge in [-0.3, -0.25) is 0 Å². The molecule has 1 aromatic heterocycles. The van der Waals surface area contributed by atoms with Gasteiger partial charge in [-0.1, -0.05) is 31.5 Å². The van der Waals surface area contributed by atoms with Crippen molar-refractivity contribution in [1.82, 2.24) is 4.98 Å². The quantitative estimate of drug-likeness (QED) is 0.625. The van der Waals surface area contributed by atoms with Crippen LogP contribution in [0, 0.1) is 11.5 Å². The Balaban J connectivity index is 2.90. The Morgan fingerprint density at radius 1 is 1.65 bits per heavy atom. The average Bonchev–Trinajstić information content (AvgIpc) is 2.30. The molecular weight excluding hydrogens is 258 g/mol. The highest BCUT2D eigenvalue weighted by Crippen LogP contribution is 2.19. The Morgan fingerprint density at radius 3 is 2.82 bits per heavy atom. The van der Waals surface area contributed by atoms with Crippen molar-refractivity contribution in [2.45, 2.75) is 19.8 Å². The molecule has 2 atom stereocenters. The van der Waals surface area contributed by atoms with E-state index in [-0.39, 0.29) is 5.92 Å². The number of hydrogen-bond donors (Lipinski definition) is 0. The molecule has 1 aromatic rings. The average molecular weight is 272 g/mol. The molecule has 1 rings (SSSR count). The first-order chi connectivity index (χ1) is 8.00. The summed E-state index contributed by atoms with van der Waals surface area (Å²) >= 11 is 5.70. The monoisotopic (exact) mass is 271 g/mol. The molecule has 0 radical (unpaired) electrons. The zero-order valence-corrected chi connectivity index (χ0v) is 11.3. The summed E-state index contributed by atoms with van der Waals surface area (Å²) in [5, 5.41) is 8.96. The fourth-order valence-electron chi connectivity index (χ4n) is 1.46. The molecule has 0 saturated carbocycles. The van der Waals surface area contributed by atoms with Crippen LogP contribution in [-0.2, 0) is 9.73 Å². The number of hydrogen-bond acceptors (Lipinski definition) is 4. The molecule has 17 heavy (non-hydrogen) atoms. The van der Waals surface area contributed by atoms with E-state index in [2.05, 4.69) is 9.35 Å². The van der Waals surface area contributed by atoms with Crippen LogP contribution in [0.2, 0.25) is 5.15 Å². The van der Waals surface area contributed by atoms with Crippen molar-refractivity contribution >= 4 is 21.3 Å². The van der Waals surface area contributed by atoms with E-state index in [1.54, 1.807) is 25.4 Å². The Labute approximate surface area is 107 Å². The zero-order valence-electron chi connectivity index (χ0n) is 9.76. The van der Waals surface area contributed by atoms with Crippen LogP contribution in [-0.4, -0.2) is 20.7 Å². The highest BCUT2D eigenvalue weighted by atomic mass is 35.5. The minimum Gasteiger partial charge on any atom is -0.249 e. The summed E-state index contributed by atoms with van der Waals surface area (Å²) in [6, 6.07) is 3.55. The molecule has 0 aromatic carbocycles. The summed E-state index contributed by atoms with van der Waals surface area (Å²) in [7, 11) is -2.43. The molecule has 0 aliphatic carbocycles. The molecule has 1 heterocycles. The molecule has 92 valence electrons. The van der Waals surface area contributed by atoms with Gasteiger partial charge < -0.3 is 0 Å². The maximum Gasteiger partial charge on any atom is 0.214 e. The first kappa shape index (κ1) is 13.9. The summed E-state index contributed by atoms with van der Waals surface area (Å²) in [6.07, 6.45) is 3.30. The van der Waals surface area contributed by atoms with Crippen molar-refractivity contribution in [3.8, 4) is 6.19 Å². The lowest BCUT2D eigenvalue weighted by molar-refractivity contribution is 0.671. The Bertz CT molecular complexity index is 527. The van der Waals surface area contributed by atoms with Gasteiger partial charge in [0.2, 0.25) is 6.19 Å². The highest BCUT2D eigenvalue weighted by Gasteiger charge is 2.14. The Hall–Kier alpha value is -1.12. The molecule has 4 nitrogen and oxygen atoms in total. The summed E-state index contributed by atoms with van der Waals surface area (Å²) in [5.74, 6) is 0.774. The summed E-state index contributed by atoms with van der Waals surface area (Å²) in [5.41, 5.74) is 0.948. The van der Waals surface area contributed by atoms with Crippen molar-refractivity contribution in [3.05, 3.63) is 29.0 Å². The van der Waals surface area contributed by atoms with Gasteiger partial charge in [0, 0.05) is 17.7 Å². The second-order valence-electron chi connectivity index (χ2n) is 3.73. The van der Waals surface area contributed by atoms with Crippen LogP contribution in [0.15, 0.2) is 22.7 Å². The van der Waals surface area contributed by atoms with Crippen LogP contribution >= 0.6 is 11.6 Å². The molecule has 0 aliphatic heterocycles. The van der Waals surface area contributed by atoms with E-state index in [4.69, 9.17) is 16.9 Å². The van der Waals surface area contributed by atoms with Gasteiger partial charge in [0.1, 0.15) is 5.15 Å². The predicted octanol–water partition coefficient (Wildman–Crippen LogP) is 2.81. The van der Waals surface area contributed by atoms with E-state index in [0.717, 1.165) is 5.56 Å². The number of halogens is 1. The van der Waals surface area contributed by atoms with Crippen molar-refractivity contribution in [3.63, 3.8) is 0 Å². The first-order valence-electron chi connectivity index (χ1n) is 5.23. The van der Waals surface area contributed by atoms with Crippen LogP contribution in [0.3, 0.4) is 0 Å². The maximum atomic E-state index is 12.2. The lowest BCUT2D eigenvalue weighted by atomic mass is 10.1. The molecule has 0 saturated heterocycles. The smallest absolute Gasteiger partial charge is 0.214 e. The van der Waals surface area contributed by atoms with Crippen LogP contribution in [0.5, 0.6) is 0 Å². The van der Waals surface area contributed by atoms with E-state index < -0.39 is 9.73 Å². The lowest BCUT2D eigenvalue weighted by Gasteiger charge is -2.13. The van der Waals surface area contributed by atoms with Gasteiger partial charge in [-0.2, -0.15) is 5.26 Å². The van der Waals surface area contributed by atoms with Crippen molar-refractivity contribution in [1.29, 1.82) is 5.26 Å². The van der Waals surface area contributed by atoms with E-state index in [1.807, 2.05) is 13.0 Å². The minimum absolute atomic E-state index is 0.0318. The number of nitriles is 1. The molecule has 0 amide bonds. The summed E-state index contributed by atoms with van der Waals surface area (Å²) < 4.78 is 15.7. The molecule has 6 heteroatoms. The van der Waals surface area contributed by atoms with Crippen LogP contribution in [0.25, 0.3) is 0 Å². The second-order valence-corrected chi connectivity index (χ2v) is 6.76. The summed E-state index contributed by atoms with van der Waals surface area (Å²) in [6.45, 7) is 3.71. The molecular formula is C11H14ClN3OS. The Kier molecular flexibility index (Phi) is 4.91. The zero-order chi connectivity index (χ0) is 12.9. The normalized spacial score (nSPS) is 15.6. The third-order valence-electron chi connectivity index (χ3n) is 2.49. The van der Waals surface area contributed by atoms with E-state index in [1.165, 1.54) is 0 Å². The van der Waals surface area contributed by atoms with Crippen molar-refractivity contribution < 1.29 is 4.21 Å². The summed E-state index contributed by atoms with van der Waals surface area (Å²) in [4.78, 5) is 3.98. The number of pyridine rings is 1. The number of nitrogens with zero attached hydrogens (tertiary/aromatic N) is 3. The van der Waals surface area contributed by atoms with Gasteiger partial charge in [-0.15, -0.1) is 4.36 Å². The molecule has 0 aliphatic rings. The fourth-order valence-corrected chi connectivity index (χ4v) is 3.13. The largest absolute Gasteiger partial charge is 0.249 e. The van der Waals surface area contributed by atoms with Crippen molar-refractivity contribution in [2.75, 3.05) is 11.5 Å². The van der Waals surface area contributed by atoms with Gasteiger partial charge in [-0.25, -0.2) is 9.19 Å². The predicted molar refractivity (Wildman–Crippen MR) is 69.3 cm³/mol. The molecule has 0 spiro atoms. The molecule has 0 bridgehead atoms. The van der Waals surface area contributed by atoms with Crippen LogP contribution in [0.4, 0.5) is 0 Å². The maximum absolute atomic E-state index is 12.2. The minimum atomic E-state index is -2.43. The standard InChI is InChI=1S/C11H14ClN3OS/c1-3-17(16,15-8-13)7-9(2)10-4-5-11(12)14-6-10/h4-6,9H,3,7H2,1-2H3/t9-,17+/m0/s1. The third kappa shape index (κ3) is 3.99. The van der Waals surface area contributed by atoms with Gasteiger partial charge >= 0.3 is 0 Å². The highest BCUT2D eigenvalue weighted by molar-refractivity contribution is 7.93. The SMILES string of the molecule is CC[S@@](=O)(C[C@H](C)c1ccc(Cl)nc1)=NC#N. The second kappa shape index (κ2) is 5.99. The number of aromatic nitrogens is 1. The Morgan fingerprint density at radius 2 is 2.35 bits per heavy atom. The molecule has 0 fully saturated rings. The van der Waals surface area contributed by atoms with Crippen LogP contribution in [0.1, 0.15) is 25.3 Å². The van der Waals surface area contributed by atoms with Gasteiger partial charge in [0.15, 0.2) is 0 Å². The third-order valence-corrected chi connectivity index (χ3v) is 5.05. The fraction of sp³-hybridized carbons (Fsp3) is 0.455. The van der Waals surface area contributed by atoms with Crippen LogP contribution < -0.4 is 0 Å².